The summed E-state index contributed by atoms with van der Waals surface area (Å²) in [6, 6.07) is 1.12. The van der Waals surface area contributed by atoms with E-state index >= 15 is 0 Å². The van der Waals surface area contributed by atoms with E-state index in [2.05, 4.69) is 15.3 Å². The number of halogens is 1. The summed E-state index contributed by atoms with van der Waals surface area (Å²) in [6.45, 7) is 9.38. The Morgan fingerprint density at radius 1 is 1.38 bits per heavy atom. The second-order valence-corrected chi connectivity index (χ2v) is 7.70. The zero-order chi connectivity index (χ0) is 19.6. The lowest BCUT2D eigenvalue weighted by atomic mass is 10.0. The van der Waals surface area contributed by atoms with Crippen LogP contribution in [-0.2, 0) is 11.3 Å². The van der Waals surface area contributed by atoms with Gasteiger partial charge in [-0.2, -0.15) is 4.98 Å². The van der Waals surface area contributed by atoms with Crippen molar-refractivity contribution in [1.29, 1.82) is 0 Å². The fourth-order valence-electron chi connectivity index (χ4n) is 2.46. The third kappa shape index (κ3) is 4.85. The molecule has 0 bridgehead atoms. The first-order valence-electron chi connectivity index (χ1n) is 8.22. The van der Waals surface area contributed by atoms with Gasteiger partial charge in [0.2, 0.25) is 5.28 Å². The Morgan fingerprint density at radius 2 is 2.04 bits per heavy atom. The number of carbonyl (C=O) groups is 2. The first-order chi connectivity index (χ1) is 12.0. The Hall–Kier alpha value is -2.35. The molecule has 0 aliphatic carbocycles. The number of fused-ring (bicyclic) bond motifs is 1. The summed E-state index contributed by atoms with van der Waals surface area (Å²) in [5.74, 6) is -1.07. The molecular formula is C17H23ClN4O4. The van der Waals surface area contributed by atoms with Crippen LogP contribution in [0.5, 0.6) is 0 Å². The van der Waals surface area contributed by atoms with E-state index in [0.717, 1.165) is 0 Å². The van der Waals surface area contributed by atoms with Crippen LogP contribution in [0.4, 0.5) is 4.79 Å². The zero-order valence-electron chi connectivity index (χ0n) is 15.4. The SMILES string of the molecule is CC(C)[C@@H](Cn1c(C(=O)O)cc2cnc(Cl)nc21)NC(=O)OC(C)(C)C. The predicted octanol–water partition coefficient (Wildman–Crippen LogP) is 3.33. The van der Waals surface area contributed by atoms with Crippen molar-refractivity contribution in [2.24, 2.45) is 5.92 Å². The van der Waals surface area contributed by atoms with Crippen molar-refractivity contribution in [3.8, 4) is 0 Å². The Morgan fingerprint density at radius 3 is 2.58 bits per heavy atom. The van der Waals surface area contributed by atoms with Crippen LogP contribution in [0.15, 0.2) is 12.3 Å². The number of hydrogen-bond donors (Lipinski definition) is 2. The molecule has 0 spiro atoms. The molecule has 9 heteroatoms. The molecule has 2 N–H and O–H groups in total. The zero-order valence-corrected chi connectivity index (χ0v) is 16.2. The molecule has 1 amide bonds. The normalized spacial score (nSPS) is 13.0. The highest BCUT2D eigenvalue weighted by Gasteiger charge is 2.25. The van der Waals surface area contributed by atoms with Crippen LogP contribution in [-0.4, -0.2) is 43.3 Å². The Balaban J connectivity index is 2.36. The molecule has 0 unspecified atom stereocenters. The van der Waals surface area contributed by atoms with E-state index in [4.69, 9.17) is 16.3 Å². The maximum absolute atomic E-state index is 12.1. The van der Waals surface area contributed by atoms with E-state index in [9.17, 15) is 14.7 Å². The van der Waals surface area contributed by atoms with Crippen LogP contribution in [0.25, 0.3) is 11.0 Å². The number of aromatic nitrogens is 3. The van der Waals surface area contributed by atoms with Crippen molar-refractivity contribution in [3.05, 3.63) is 23.2 Å². The molecular weight excluding hydrogens is 360 g/mol. The highest BCUT2D eigenvalue weighted by atomic mass is 35.5. The lowest BCUT2D eigenvalue weighted by molar-refractivity contribution is 0.0484. The Labute approximate surface area is 156 Å². The van der Waals surface area contributed by atoms with Gasteiger partial charge in [-0.05, 0) is 44.4 Å². The second kappa shape index (κ2) is 7.49. The monoisotopic (exact) mass is 382 g/mol. The molecule has 0 aliphatic rings. The van der Waals surface area contributed by atoms with Gasteiger partial charge in [0.1, 0.15) is 16.9 Å². The molecule has 1 atom stereocenters. The number of ether oxygens (including phenoxy) is 1. The number of carbonyl (C=O) groups excluding carboxylic acids is 1. The van der Waals surface area contributed by atoms with Gasteiger partial charge in [-0.1, -0.05) is 13.8 Å². The number of alkyl carbamates (subject to hydrolysis) is 1. The van der Waals surface area contributed by atoms with Crippen LogP contribution < -0.4 is 5.32 Å². The quantitative estimate of drug-likeness (QED) is 0.768. The molecule has 0 aliphatic heterocycles. The van der Waals surface area contributed by atoms with Crippen molar-refractivity contribution >= 4 is 34.7 Å². The van der Waals surface area contributed by atoms with Gasteiger partial charge >= 0.3 is 12.1 Å². The van der Waals surface area contributed by atoms with Gasteiger partial charge in [0.15, 0.2) is 0 Å². The van der Waals surface area contributed by atoms with Crippen molar-refractivity contribution in [2.45, 2.75) is 52.8 Å². The Bertz CT molecular complexity index is 826. The van der Waals surface area contributed by atoms with Crippen LogP contribution in [0.2, 0.25) is 5.28 Å². The van der Waals surface area contributed by atoms with Crippen molar-refractivity contribution in [1.82, 2.24) is 19.9 Å². The van der Waals surface area contributed by atoms with Crippen molar-refractivity contribution in [3.63, 3.8) is 0 Å². The summed E-state index contributed by atoms with van der Waals surface area (Å²) in [7, 11) is 0. The number of rotatable bonds is 5. The molecule has 2 aromatic heterocycles. The average molecular weight is 383 g/mol. The smallest absolute Gasteiger partial charge is 0.407 e. The number of nitrogens with one attached hydrogen (secondary N) is 1. The number of carboxylic acids is 1. The second-order valence-electron chi connectivity index (χ2n) is 7.36. The first-order valence-corrected chi connectivity index (χ1v) is 8.60. The number of amides is 1. The summed E-state index contributed by atoms with van der Waals surface area (Å²) in [5.41, 5.74) is -0.175. The topological polar surface area (TPSA) is 106 Å². The maximum Gasteiger partial charge on any atom is 0.407 e. The molecule has 0 radical (unpaired) electrons. The highest BCUT2D eigenvalue weighted by molar-refractivity contribution is 6.28. The molecule has 0 aromatic carbocycles. The third-order valence-corrected chi connectivity index (χ3v) is 3.89. The summed E-state index contributed by atoms with van der Waals surface area (Å²) < 4.78 is 6.82. The van der Waals surface area contributed by atoms with Gasteiger partial charge in [-0.15, -0.1) is 0 Å². The van der Waals surface area contributed by atoms with E-state index in [1.54, 1.807) is 20.8 Å². The third-order valence-electron chi connectivity index (χ3n) is 3.71. The maximum atomic E-state index is 12.1. The molecule has 2 rings (SSSR count). The molecule has 8 nitrogen and oxygen atoms in total. The number of carboxylic acid groups (broad SMARTS) is 1. The van der Waals surface area contributed by atoms with Crippen LogP contribution in [0.1, 0.15) is 45.1 Å². The fourth-order valence-corrected chi connectivity index (χ4v) is 2.59. The summed E-state index contributed by atoms with van der Waals surface area (Å²) in [5, 5.41) is 12.9. The first kappa shape index (κ1) is 20.0. The molecule has 2 heterocycles. The number of hydrogen-bond acceptors (Lipinski definition) is 5. The van der Waals surface area contributed by atoms with Gasteiger partial charge in [0, 0.05) is 18.1 Å². The van der Waals surface area contributed by atoms with Crippen LogP contribution >= 0.6 is 11.6 Å². The van der Waals surface area contributed by atoms with Crippen LogP contribution in [0, 0.1) is 5.92 Å². The van der Waals surface area contributed by atoms with Crippen molar-refractivity contribution in [2.75, 3.05) is 0 Å². The largest absolute Gasteiger partial charge is 0.477 e. The van der Waals surface area contributed by atoms with Gasteiger partial charge in [0.05, 0.1) is 6.04 Å². The molecule has 142 valence electrons. The molecule has 26 heavy (non-hydrogen) atoms. The minimum atomic E-state index is -1.10. The van der Waals surface area contributed by atoms with E-state index in [1.165, 1.54) is 16.8 Å². The highest BCUT2D eigenvalue weighted by Crippen LogP contribution is 2.21. The Kier molecular flexibility index (Phi) is 5.75. The van der Waals surface area contributed by atoms with Gasteiger partial charge < -0.3 is 19.7 Å². The minimum absolute atomic E-state index is 0.0231. The van der Waals surface area contributed by atoms with E-state index in [0.29, 0.717) is 11.0 Å². The van der Waals surface area contributed by atoms with Crippen LogP contribution in [0.3, 0.4) is 0 Å². The average Bonchev–Trinajstić information content (AvgIpc) is 2.82. The van der Waals surface area contributed by atoms with Gasteiger partial charge in [-0.25, -0.2) is 14.6 Å². The molecule has 0 saturated heterocycles. The molecule has 2 aromatic rings. The molecule has 0 fully saturated rings. The summed E-state index contributed by atoms with van der Waals surface area (Å²) in [4.78, 5) is 31.8. The van der Waals surface area contributed by atoms with Gasteiger partial charge in [-0.3, -0.25) is 0 Å². The van der Waals surface area contributed by atoms with E-state index < -0.39 is 17.7 Å². The summed E-state index contributed by atoms with van der Waals surface area (Å²) in [6.07, 6.45) is 0.913. The standard InChI is InChI=1S/C17H23ClN4O4/c1-9(2)11(20-16(25)26-17(3,4)5)8-22-12(14(23)24)6-10-7-19-15(18)21-13(10)22/h6-7,9,11H,8H2,1-5H3,(H,20,25)(H,23,24)/t11-/m1/s1. The lowest BCUT2D eigenvalue weighted by Crippen LogP contribution is -2.44. The fraction of sp³-hybridized carbons (Fsp3) is 0.529. The number of nitrogens with zero attached hydrogens (tertiary/aromatic N) is 3. The molecule has 0 saturated carbocycles. The van der Waals surface area contributed by atoms with E-state index in [1.807, 2.05) is 13.8 Å². The van der Waals surface area contributed by atoms with E-state index in [-0.39, 0.29) is 29.5 Å². The number of aromatic carboxylic acids is 1. The van der Waals surface area contributed by atoms with Gasteiger partial charge in [0.25, 0.3) is 0 Å². The summed E-state index contributed by atoms with van der Waals surface area (Å²) >= 11 is 5.86. The minimum Gasteiger partial charge on any atom is -0.477 e. The van der Waals surface area contributed by atoms with Crippen molar-refractivity contribution < 1.29 is 19.4 Å². The predicted molar refractivity (Wildman–Crippen MR) is 97.5 cm³/mol. The lowest BCUT2D eigenvalue weighted by Gasteiger charge is -2.26.